The molecule has 0 atom stereocenters. The minimum Gasteiger partial charge on any atom is -0.0989 e. The third-order valence-corrected chi connectivity index (χ3v) is 4.03. The van der Waals surface area contributed by atoms with Crippen molar-refractivity contribution in [3.05, 3.63) is 12.0 Å². The van der Waals surface area contributed by atoms with Gasteiger partial charge in [-0.3, -0.25) is 0 Å². The molecule has 0 nitrogen and oxygen atoms in total. The van der Waals surface area contributed by atoms with Gasteiger partial charge in [-0.25, -0.2) is 0 Å². The smallest absolute Gasteiger partial charge is 0.00899 e. The molecule has 0 spiro atoms. The number of hydrogen-bond donors (Lipinski definition) is 1. The third kappa shape index (κ3) is 5.14. The molecule has 0 N–H and O–H groups in total. The second kappa shape index (κ2) is 6.14. The van der Waals surface area contributed by atoms with Crippen LogP contribution in [0.4, 0.5) is 0 Å². The Morgan fingerprint density at radius 3 is 2.50 bits per heavy atom. The molecule has 0 heterocycles. The Morgan fingerprint density at radius 1 is 1.67 bits per heavy atom. The van der Waals surface area contributed by atoms with Gasteiger partial charge < -0.3 is 0 Å². The molecule has 4 heteroatoms. The average molecular weight is 155 g/mol. The van der Waals surface area contributed by atoms with E-state index in [1.54, 1.807) is 0 Å². The van der Waals surface area contributed by atoms with Crippen LogP contribution in [0, 0.1) is 6.58 Å². The summed E-state index contributed by atoms with van der Waals surface area (Å²) in [4.78, 5) is 0. The fraction of sp³-hybridized carbons (Fsp3) is 0. The molecule has 0 aromatic heterocycles. The summed E-state index contributed by atoms with van der Waals surface area (Å²) in [6.07, 6.45) is 0. The number of rotatable bonds is 3. The summed E-state index contributed by atoms with van der Waals surface area (Å²) in [6, 6.07) is 0. The van der Waals surface area contributed by atoms with Gasteiger partial charge in [-0.15, -0.1) is 0 Å². The van der Waals surface area contributed by atoms with E-state index in [4.69, 9.17) is 6.58 Å². The SMILES string of the molecule is [CH]=CSSSS. The predicted molar refractivity (Wildman–Crippen MR) is 40.6 cm³/mol. The molecule has 1 radical (unpaired) electrons. The van der Waals surface area contributed by atoms with Crippen molar-refractivity contribution < 1.29 is 0 Å². The molecule has 0 aromatic carbocycles. The molecule has 0 aromatic rings. The van der Waals surface area contributed by atoms with Gasteiger partial charge in [0.15, 0.2) is 0 Å². The first-order valence-electron chi connectivity index (χ1n) is 1.08. The van der Waals surface area contributed by atoms with Gasteiger partial charge in [0.05, 0.1) is 0 Å². The van der Waals surface area contributed by atoms with Gasteiger partial charge in [0.2, 0.25) is 0 Å². The van der Waals surface area contributed by atoms with Crippen molar-refractivity contribution in [1.82, 2.24) is 0 Å². The summed E-state index contributed by atoms with van der Waals surface area (Å²) in [7, 11) is 4.38. The molecular weight excluding hydrogens is 152 g/mol. The highest BCUT2D eigenvalue weighted by Crippen LogP contribution is 2.36. The molecule has 0 aliphatic carbocycles. The fourth-order valence-corrected chi connectivity index (χ4v) is 2.04. The lowest BCUT2D eigenvalue weighted by molar-refractivity contribution is 2.57. The molecular formula is C2H3S4. The van der Waals surface area contributed by atoms with Gasteiger partial charge in [0.25, 0.3) is 0 Å². The second-order valence-electron chi connectivity index (χ2n) is 0.375. The van der Waals surface area contributed by atoms with E-state index in [0.29, 0.717) is 0 Å². The van der Waals surface area contributed by atoms with Crippen molar-refractivity contribution in [2.45, 2.75) is 0 Å². The van der Waals surface area contributed by atoms with Crippen LogP contribution >= 0.6 is 42.1 Å². The molecule has 0 saturated carbocycles. The second-order valence-corrected chi connectivity index (χ2v) is 5.12. The van der Waals surface area contributed by atoms with Crippen LogP contribution < -0.4 is 0 Å². The number of thiol groups is 1. The minimum atomic E-state index is 1.39. The quantitative estimate of drug-likeness (QED) is 0.378. The minimum absolute atomic E-state index is 1.39. The van der Waals surface area contributed by atoms with Crippen molar-refractivity contribution in [1.29, 1.82) is 0 Å². The Hall–Kier alpha value is 1.14. The average Bonchev–Trinajstić information content (AvgIpc) is 1.61. The largest absolute Gasteiger partial charge is 0.0989 e. The van der Waals surface area contributed by atoms with Crippen LogP contribution in [0.25, 0.3) is 0 Å². The van der Waals surface area contributed by atoms with E-state index in [-0.39, 0.29) is 0 Å². The van der Waals surface area contributed by atoms with E-state index >= 15 is 0 Å². The first-order chi connectivity index (χ1) is 2.91. The van der Waals surface area contributed by atoms with Crippen LogP contribution in [0.1, 0.15) is 0 Å². The Balaban J connectivity index is 2.49. The van der Waals surface area contributed by atoms with Crippen LogP contribution in [0.5, 0.6) is 0 Å². The predicted octanol–water partition coefficient (Wildman–Crippen LogP) is 2.81. The molecule has 6 heavy (non-hydrogen) atoms. The van der Waals surface area contributed by atoms with Gasteiger partial charge in [-0.1, -0.05) is 29.0 Å². The van der Waals surface area contributed by atoms with Crippen LogP contribution in [0.2, 0.25) is 0 Å². The maximum absolute atomic E-state index is 4.98. The Labute approximate surface area is 54.1 Å². The summed E-state index contributed by atoms with van der Waals surface area (Å²) in [5.74, 6) is 0. The van der Waals surface area contributed by atoms with Crippen molar-refractivity contribution in [3.8, 4) is 0 Å². The van der Waals surface area contributed by atoms with Crippen LogP contribution in [0.3, 0.4) is 0 Å². The highest BCUT2D eigenvalue weighted by molar-refractivity contribution is 9.24. The molecule has 0 aliphatic heterocycles. The summed E-state index contributed by atoms with van der Waals surface area (Å²) >= 11 is 3.84. The Morgan fingerprint density at radius 2 is 2.33 bits per heavy atom. The lowest BCUT2D eigenvalue weighted by atomic mass is 11.3. The van der Waals surface area contributed by atoms with E-state index in [0.717, 1.165) is 0 Å². The van der Waals surface area contributed by atoms with Gasteiger partial charge >= 0.3 is 0 Å². The zero-order valence-corrected chi connectivity index (χ0v) is 6.17. The molecule has 0 saturated heterocycles. The maximum Gasteiger partial charge on any atom is -0.00899 e. The van der Waals surface area contributed by atoms with Gasteiger partial charge in [0, 0.05) is 0 Å². The first-order valence-corrected chi connectivity index (χ1v) is 5.68. The molecule has 0 amide bonds. The molecule has 35 valence electrons. The van der Waals surface area contributed by atoms with Crippen LogP contribution in [-0.2, 0) is 0 Å². The monoisotopic (exact) mass is 155 g/mol. The Kier molecular flexibility index (Phi) is 7.31. The van der Waals surface area contributed by atoms with E-state index < -0.39 is 0 Å². The van der Waals surface area contributed by atoms with Crippen molar-refractivity contribution in [3.63, 3.8) is 0 Å². The normalized spacial score (nSPS) is 8.17. The third-order valence-electron chi connectivity index (χ3n) is 0.125. The van der Waals surface area contributed by atoms with E-state index in [1.807, 2.05) is 0 Å². The van der Waals surface area contributed by atoms with E-state index in [1.165, 1.54) is 35.9 Å². The van der Waals surface area contributed by atoms with Crippen molar-refractivity contribution in [2.24, 2.45) is 0 Å². The zero-order chi connectivity index (χ0) is 4.83. The summed E-state index contributed by atoms with van der Waals surface area (Å²) < 4.78 is 0. The van der Waals surface area contributed by atoms with Crippen molar-refractivity contribution in [2.75, 3.05) is 0 Å². The van der Waals surface area contributed by atoms with E-state index in [2.05, 4.69) is 11.7 Å². The van der Waals surface area contributed by atoms with Crippen LogP contribution in [-0.4, -0.2) is 0 Å². The first kappa shape index (κ1) is 7.14. The molecule has 0 bridgehead atoms. The van der Waals surface area contributed by atoms with Crippen LogP contribution in [0.15, 0.2) is 5.41 Å². The fourth-order valence-electron chi connectivity index (χ4n) is 0.0402. The highest BCUT2D eigenvalue weighted by atomic mass is 33.7. The van der Waals surface area contributed by atoms with Gasteiger partial charge in [-0.2, -0.15) is 0 Å². The van der Waals surface area contributed by atoms with Gasteiger partial charge in [-0.05, 0) is 25.1 Å². The summed E-state index contributed by atoms with van der Waals surface area (Å²) in [6.45, 7) is 4.98. The molecule has 0 fully saturated rings. The lowest BCUT2D eigenvalue weighted by Crippen LogP contribution is -1.23. The Bertz CT molecular complexity index is 34.5. The highest BCUT2D eigenvalue weighted by Gasteiger charge is 1.73. The van der Waals surface area contributed by atoms with E-state index in [9.17, 15) is 0 Å². The van der Waals surface area contributed by atoms with Gasteiger partial charge in [0.1, 0.15) is 0 Å². The topological polar surface area (TPSA) is 0 Å². The summed E-state index contributed by atoms with van der Waals surface area (Å²) in [5, 5.41) is 1.52. The molecule has 0 rings (SSSR count). The maximum atomic E-state index is 4.98. The standard InChI is InChI=1S/C2H3S4/c1-2-4-6-5-3/h1-3H. The molecule has 0 unspecified atom stereocenters. The van der Waals surface area contributed by atoms with Crippen molar-refractivity contribution >= 4 is 42.1 Å². The number of hydrogen-bond acceptors (Lipinski definition) is 4. The summed E-state index contributed by atoms with van der Waals surface area (Å²) in [5.41, 5.74) is 0. The lowest BCUT2D eigenvalue weighted by Gasteiger charge is -1.79. The molecule has 0 aliphatic rings. The zero-order valence-electron chi connectivity index (χ0n) is 2.83.